The van der Waals surface area contributed by atoms with Crippen LogP contribution in [-0.4, -0.2) is 26.3 Å². The number of methoxy groups -OCH3 is 2. The number of benzene rings is 3. The molecule has 0 aromatic heterocycles. The van der Waals surface area contributed by atoms with E-state index in [1.807, 2.05) is 42.5 Å². The lowest BCUT2D eigenvalue weighted by Crippen LogP contribution is -2.17. The van der Waals surface area contributed by atoms with Gasteiger partial charge in [-0.15, -0.1) is 0 Å². The fraction of sp³-hybridized carbons (Fsp3) is 0.130. The summed E-state index contributed by atoms with van der Waals surface area (Å²) in [5.41, 5.74) is 4.80. The first kappa shape index (κ1) is 19.9. The van der Waals surface area contributed by atoms with E-state index in [0.717, 1.165) is 11.1 Å². The number of ether oxygens (including phenoxy) is 3. The van der Waals surface area contributed by atoms with E-state index in [9.17, 15) is 4.79 Å². The lowest BCUT2D eigenvalue weighted by atomic mass is 10.2. The largest absolute Gasteiger partial charge is 0.497 e. The van der Waals surface area contributed by atoms with Crippen molar-refractivity contribution in [2.24, 2.45) is 5.10 Å². The molecule has 0 bridgehead atoms. The monoisotopic (exact) mass is 390 g/mol. The summed E-state index contributed by atoms with van der Waals surface area (Å²) in [5.74, 6) is 1.50. The number of nitrogens with one attached hydrogen (secondary N) is 1. The SMILES string of the molecule is COc1cccc(C(=O)NN=Cc2ccc(OCc3ccccc3)c(OC)c2)c1. The summed E-state index contributed by atoms with van der Waals surface area (Å²) in [6.45, 7) is 0.446. The number of rotatable bonds is 8. The number of carbonyl (C=O) groups excluding carboxylic acids is 1. The summed E-state index contributed by atoms with van der Waals surface area (Å²) in [7, 11) is 3.13. The lowest BCUT2D eigenvalue weighted by Gasteiger charge is -2.11. The van der Waals surface area contributed by atoms with Gasteiger partial charge in [0.25, 0.3) is 5.91 Å². The minimum atomic E-state index is -0.324. The molecule has 0 saturated carbocycles. The number of hydrogen-bond donors (Lipinski definition) is 1. The summed E-state index contributed by atoms with van der Waals surface area (Å²) < 4.78 is 16.4. The Balaban J connectivity index is 1.62. The van der Waals surface area contributed by atoms with Crippen LogP contribution in [0.2, 0.25) is 0 Å². The Hall–Kier alpha value is -3.80. The van der Waals surface area contributed by atoms with Gasteiger partial charge in [-0.2, -0.15) is 5.10 Å². The smallest absolute Gasteiger partial charge is 0.271 e. The number of carbonyl (C=O) groups is 1. The number of hydrazone groups is 1. The quantitative estimate of drug-likeness (QED) is 0.465. The molecule has 3 aromatic rings. The highest BCUT2D eigenvalue weighted by molar-refractivity contribution is 5.95. The first-order chi connectivity index (χ1) is 14.2. The van der Waals surface area contributed by atoms with Crippen molar-refractivity contribution in [3.05, 3.63) is 89.5 Å². The van der Waals surface area contributed by atoms with Crippen molar-refractivity contribution >= 4 is 12.1 Å². The van der Waals surface area contributed by atoms with Gasteiger partial charge in [0, 0.05) is 5.56 Å². The molecular weight excluding hydrogens is 368 g/mol. The summed E-state index contributed by atoms with van der Waals surface area (Å²) >= 11 is 0. The van der Waals surface area contributed by atoms with Gasteiger partial charge in [0.2, 0.25) is 0 Å². The van der Waals surface area contributed by atoms with Gasteiger partial charge >= 0.3 is 0 Å². The normalized spacial score (nSPS) is 10.6. The Bertz CT molecular complexity index is 987. The molecule has 0 heterocycles. The van der Waals surface area contributed by atoms with Crippen molar-refractivity contribution in [1.82, 2.24) is 5.43 Å². The first-order valence-electron chi connectivity index (χ1n) is 9.02. The highest BCUT2D eigenvalue weighted by Gasteiger charge is 2.07. The first-order valence-corrected chi connectivity index (χ1v) is 9.02. The Morgan fingerprint density at radius 1 is 0.931 bits per heavy atom. The predicted octanol–water partition coefficient (Wildman–Crippen LogP) is 4.05. The predicted molar refractivity (Wildman–Crippen MR) is 112 cm³/mol. The van der Waals surface area contributed by atoms with Crippen LogP contribution in [0.1, 0.15) is 21.5 Å². The molecule has 29 heavy (non-hydrogen) atoms. The van der Waals surface area contributed by atoms with E-state index in [-0.39, 0.29) is 5.91 Å². The highest BCUT2D eigenvalue weighted by Crippen LogP contribution is 2.28. The molecule has 0 saturated heterocycles. The van der Waals surface area contributed by atoms with E-state index in [4.69, 9.17) is 14.2 Å². The van der Waals surface area contributed by atoms with Gasteiger partial charge in [0.05, 0.1) is 20.4 Å². The van der Waals surface area contributed by atoms with E-state index in [0.29, 0.717) is 29.4 Å². The third kappa shape index (κ3) is 5.59. The molecule has 0 atom stereocenters. The molecule has 0 unspecified atom stereocenters. The molecule has 0 spiro atoms. The summed E-state index contributed by atoms with van der Waals surface area (Å²) in [5, 5.41) is 4.01. The Morgan fingerprint density at radius 3 is 2.52 bits per heavy atom. The molecule has 0 radical (unpaired) electrons. The Morgan fingerprint density at radius 2 is 1.76 bits per heavy atom. The second-order valence-corrected chi connectivity index (χ2v) is 6.12. The molecule has 0 aliphatic heterocycles. The van der Waals surface area contributed by atoms with Crippen LogP contribution in [0.15, 0.2) is 77.9 Å². The molecular formula is C23H22N2O4. The fourth-order valence-corrected chi connectivity index (χ4v) is 2.61. The Kier molecular flexibility index (Phi) is 6.84. The third-order valence-electron chi connectivity index (χ3n) is 4.14. The molecule has 1 amide bonds. The van der Waals surface area contributed by atoms with Crippen LogP contribution in [0.3, 0.4) is 0 Å². The fourth-order valence-electron chi connectivity index (χ4n) is 2.61. The van der Waals surface area contributed by atoms with Crippen molar-refractivity contribution in [3.8, 4) is 17.2 Å². The van der Waals surface area contributed by atoms with Gasteiger partial charge in [-0.05, 0) is 47.5 Å². The minimum Gasteiger partial charge on any atom is -0.497 e. The van der Waals surface area contributed by atoms with Crippen molar-refractivity contribution in [2.75, 3.05) is 14.2 Å². The van der Waals surface area contributed by atoms with Crippen molar-refractivity contribution in [3.63, 3.8) is 0 Å². The van der Waals surface area contributed by atoms with Gasteiger partial charge in [-0.3, -0.25) is 4.79 Å². The zero-order valence-corrected chi connectivity index (χ0v) is 16.3. The van der Waals surface area contributed by atoms with Crippen molar-refractivity contribution in [2.45, 2.75) is 6.61 Å². The van der Waals surface area contributed by atoms with Gasteiger partial charge in [-0.25, -0.2) is 5.43 Å². The maximum atomic E-state index is 12.2. The van der Waals surface area contributed by atoms with Crippen LogP contribution in [0, 0.1) is 0 Å². The molecule has 3 rings (SSSR count). The highest BCUT2D eigenvalue weighted by atomic mass is 16.5. The van der Waals surface area contributed by atoms with Gasteiger partial charge in [0.1, 0.15) is 12.4 Å². The van der Waals surface area contributed by atoms with Crippen LogP contribution >= 0.6 is 0 Å². The summed E-state index contributed by atoms with van der Waals surface area (Å²) in [6, 6.07) is 22.2. The van der Waals surface area contributed by atoms with Crippen LogP contribution in [0.25, 0.3) is 0 Å². The summed E-state index contributed by atoms with van der Waals surface area (Å²) in [4.78, 5) is 12.2. The van der Waals surface area contributed by atoms with Crippen molar-refractivity contribution in [1.29, 1.82) is 0 Å². The van der Waals surface area contributed by atoms with Crippen LogP contribution in [0.4, 0.5) is 0 Å². The maximum absolute atomic E-state index is 12.2. The number of hydrogen-bond acceptors (Lipinski definition) is 5. The molecule has 0 aliphatic carbocycles. The zero-order valence-electron chi connectivity index (χ0n) is 16.3. The molecule has 0 aliphatic rings. The zero-order chi connectivity index (χ0) is 20.5. The molecule has 3 aromatic carbocycles. The van der Waals surface area contributed by atoms with Gasteiger partial charge < -0.3 is 14.2 Å². The van der Waals surface area contributed by atoms with E-state index >= 15 is 0 Å². The Labute approximate surface area is 169 Å². The summed E-state index contributed by atoms with van der Waals surface area (Å²) in [6.07, 6.45) is 1.54. The van der Waals surface area contributed by atoms with E-state index < -0.39 is 0 Å². The molecule has 1 N–H and O–H groups in total. The third-order valence-corrected chi connectivity index (χ3v) is 4.14. The van der Waals surface area contributed by atoms with Gasteiger partial charge in [-0.1, -0.05) is 36.4 Å². The van der Waals surface area contributed by atoms with Gasteiger partial charge in [0.15, 0.2) is 11.5 Å². The maximum Gasteiger partial charge on any atom is 0.271 e. The molecule has 0 fully saturated rings. The van der Waals surface area contributed by atoms with Crippen LogP contribution in [0.5, 0.6) is 17.2 Å². The van der Waals surface area contributed by atoms with E-state index in [2.05, 4.69) is 10.5 Å². The van der Waals surface area contributed by atoms with Crippen LogP contribution in [-0.2, 0) is 6.61 Å². The van der Waals surface area contributed by atoms with E-state index in [1.54, 1.807) is 50.8 Å². The van der Waals surface area contributed by atoms with Crippen molar-refractivity contribution < 1.29 is 19.0 Å². The minimum absolute atomic E-state index is 0.324. The second kappa shape index (κ2) is 9.94. The molecule has 6 heteroatoms. The lowest BCUT2D eigenvalue weighted by molar-refractivity contribution is 0.0955. The topological polar surface area (TPSA) is 69.2 Å². The number of amides is 1. The van der Waals surface area contributed by atoms with Crippen LogP contribution < -0.4 is 19.6 Å². The average molecular weight is 390 g/mol. The van der Waals surface area contributed by atoms with E-state index in [1.165, 1.54) is 0 Å². The second-order valence-electron chi connectivity index (χ2n) is 6.12. The number of nitrogens with zero attached hydrogens (tertiary/aromatic N) is 1. The molecule has 148 valence electrons. The molecule has 6 nitrogen and oxygen atoms in total. The standard InChI is InChI=1S/C23H22N2O4/c1-27-20-10-6-9-19(14-20)23(26)25-24-15-18-11-12-21(22(13-18)28-2)29-16-17-7-4-3-5-8-17/h3-15H,16H2,1-2H3,(H,25,26). The average Bonchev–Trinajstić information content (AvgIpc) is 2.78.